The predicted octanol–water partition coefficient (Wildman–Crippen LogP) is 3.23. The number of hydrogen-bond acceptors (Lipinski definition) is 4. The Kier molecular flexibility index (Phi) is 7.29. The maximum atomic E-state index is 12.4. The highest BCUT2D eigenvalue weighted by atomic mass is 16.3. The van der Waals surface area contributed by atoms with E-state index in [0.717, 1.165) is 18.4 Å². The second kappa shape index (κ2) is 9.90. The van der Waals surface area contributed by atoms with Gasteiger partial charge in [-0.15, -0.1) is 0 Å². The normalized spacial score (nSPS) is 20.3. The first-order valence-electron chi connectivity index (χ1n) is 10.5. The summed E-state index contributed by atoms with van der Waals surface area (Å²) < 4.78 is 0. The van der Waals surface area contributed by atoms with Crippen LogP contribution in [0.25, 0.3) is 0 Å². The first kappa shape index (κ1) is 21.3. The third kappa shape index (κ3) is 5.58. The first-order valence-corrected chi connectivity index (χ1v) is 10.5. The lowest BCUT2D eigenvalue weighted by Crippen LogP contribution is -2.30. The average molecular weight is 397 g/mol. The number of nitrogens with one attached hydrogen (secondary N) is 1. The van der Waals surface area contributed by atoms with E-state index in [-0.39, 0.29) is 18.6 Å². The monoisotopic (exact) mass is 396 g/mol. The standard InChI is InChI=1S/C22H26N2O2.C2H6O/c1-15-3-2-4-17(11-15)21-8-6-18-12-16(5-7-20(18)23-21)13-22(26)24-10-9-19(25)14-24;1-2-3/h2-5,7,11-12,19,21,23,25H,6,8-10,13-14H2,1H3;3H,2H2,1H3/t19?,21-;/m0./s1. The zero-order valence-corrected chi connectivity index (χ0v) is 17.4. The van der Waals surface area contributed by atoms with Gasteiger partial charge in [0.05, 0.1) is 18.6 Å². The van der Waals surface area contributed by atoms with Gasteiger partial charge in [0.2, 0.25) is 5.91 Å². The number of β-amino-alcohol motifs (C(OH)–C–C–N with tert-alkyl or cyclic N) is 1. The fourth-order valence-electron chi connectivity index (χ4n) is 4.06. The highest BCUT2D eigenvalue weighted by molar-refractivity contribution is 5.79. The van der Waals surface area contributed by atoms with Crippen LogP contribution in [0.4, 0.5) is 5.69 Å². The molecule has 2 heterocycles. The lowest BCUT2D eigenvalue weighted by molar-refractivity contribution is -0.129. The molecule has 2 aromatic rings. The third-order valence-corrected chi connectivity index (χ3v) is 5.52. The molecule has 5 heteroatoms. The van der Waals surface area contributed by atoms with Gasteiger partial charge in [-0.2, -0.15) is 0 Å². The largest absolute Gasteiger partial charge is 0.397 e. The summed E-state index contributed by atoms with van der Waals surface area (Å²) >= 11 is 0. The topological polar surface area (TPSA) is 72.8 Å². The van der Waals surface area contributed by atoms with Crippen LogP contribution in [0.5, 0.6) is 0 Å². The van der Waals surface area contributed by atoms with Crippen molar-refractivity contribution in [3.8, 4) is 0 Å². The number of nitrogens with zero attached hydrogens (tertiary/aromatic N) is 1. The molecular weight excluding hydrogens is 364 g/mol. The quantitative estimate of drug-likeness (QED) is 0.745. The van der Waals surface area contributed by atoms with Gasteiger partial charge >= 0.3 is 0 Å². The molecule has 4 rings (SSSR count). The minimum Gasteiger partial charge on any atom is -0.397 e. The van der Waals surface area contributed by atoms with Crippen molar-refractivity contribution in [2.75, 3.05) is 25.0 Å². The molecule has 1 amide bonds. The van der Waals surface area contributed by atoms with E-state index in [9.17, 15) is 9.90 Å². The molecule has 5 nitrogen and oxygen atoms in total. The number of carbonyl (C=O) groups is 1. The Hall–Kier alpha value is -2.37. The van der Waals surface area contributed by atoms with E-state index in [2.05, 4.69) is 54.7 Å². The molecule has 2 aromatic carbocycles. The Balaban J connectivity index is 0.000000755. The number of hydrogen-bond donors (Lipinski definition) is 3. The van der Waals surface area contributed by atoms with E-state index >= 15 is 0 Å². The summed E-state index contributed by atoms with van der Waals surface area (Å²) in [6.45, 7) is 5.21. The van der Waals surface area contributed by atoms with Gasteiger partial charge in [-0.1, -0.05) is 42.0 Å². The van der Waals surface area contributed by atoms with E-state index < -0.39 is 0 Å². The van der Waals surface area contributed by atoms with Gasteiger partial charge in [0, 0.05) is 25.4 Å². The van der Waals surface area contributed by atoms with E-state index in [1.165, 1.54) is 22.4 Å². The van der Waals surface area contributed by atoms with Crippen molar-refractivity contribution >= 4 is 11.6 Å². The highest BCUT2D eigenvalue weighted by Crippen LogP contribution is 2.33. The SMILES string of the molecule is CCO.Cc1cccc([C@@H]2CCc3cc(CC(=O)N4CCC(O)C4)ccc3N2)c1. The van der Waals surface area contributed by atoms with Crippen LogP contribution in [0.2, 0.25) is 0 Å². The van der Waals surface area contributed by atoms with Crippen LogP contribution in [0.3, 0.4) is 0 Å². The zero-order chi connectivity index (χ0) is 20.8. The molecule has 0 radical (unpaired) electrons. The second-order valence-corrected chi connectivity index (χ2v) is 7.92. The van der Waals surface area contributed by atoms with Crippen molar-refractivity contribution in [3.63, 3.8) is 0 Å². The average Bonchev–Trinajstić information content (AvgIpc) is 3.15. The van der Waals surface area contributed by atoms with Crippen molar-refractivity contribution in [3.05, 3.63) is 64.7 Å². The van der Waals surface area contributed by atoms with Crippen molar-refractivity contribution in [2.45, 2.75) is 51.7 Å². The van der Waals surface area contributed by atoms with Crippen molar-refractivity contribution in [1.82, 2.24) is 4.90 Å². The Morgan fingerprint density at radius 3 is 2.69 bits per heavy atom. The van der Waals surface area contributed by atoms with E-state index in [1.807, 2.05) is 0 Å². The molecular formula is C24H32N2O3. The van der Waals surface area contributed by atoms with Crippen molar-refractivity contribution in [1.29, 1.82) is 0 Å². The number of aryl methyl sites for hydroxylation is 2. The summed E-state index contributed by atoms with van der Waals surface area (Å²) in [6.07, 6.45) is 2.84. The number of carbonyl (C=O) groups excluding carboxylic acids is 1. The van der Waals surface area contributed by atoms with Crippen LogP contribution in [-0.2, 0) is 17.6 Å². The fraction of sp³-hybridized carbons (Fsp3) is 0.458. The molecule has 0 aliphatic carbocycles. The van der Waals surface area contributed by atoms with Crippen LogP contribution < -0.4 is 5.32 Å². The molecule has 0 saturated carbocycles. The third-order valence-electron chi connectivity index (χ3n) is 5.52. The molecule has 2 aliphatic rings. The number of aliphatic hydroxyl groups excluding tert-OH is 2. The lowest BCUT2D eigenvalue weighted by Gasteiger charge is -2.28. The summed E-state index contributed by atoms with van der Waals surface area (Å²) in [7, 11) is 0. The molecule has 0 bridgehead atoms. The van der Waals surface area contributed by atoms with Gasteiger partial charge in [-0.25, -0.2) is 0 Å². The van der Waals surface area contributed by atoms with Crippen LogP contribution in [0.15, 0.2) is 42.5 Å². The molecule has 29 heavy (non-hydrogen) atoms. The Labute approximate surface area is 173 Å². The Morgan fingerprint density at radius 1 is 1.21 bits per heavy atom. The van der Waals surface area contributed by atoms with Crippen LogP contribution in [-0.4, -0.2) is 46.8 Å². The molecule has 0 spiro atoms. The number of benzene rings is 2. The smallest absolute Gasteiger partial charge is 0.227 e. The lowest BCUT2D eigenvalue weighted by atomic mass is 9.91. The molecule has 2 atom stereocenters. The predicted molar refractivity (Wildman–Crippen MR) is 116 cm³/mol. The first-order chi connectivity index (χ1) is 14.0. The van der Waals surface area contributed by atoms with Gasteiger partial charge in [-0.05, 0) is 55.9 Å². The van der Waals surface area contributed by atoms with Gasteiger partial charge in [-0.3, -0.25) is 4.79 Å². The van der Waals surface area contributed by atoms with E-state index in [0.29, 0.717) is 32.0 Å². The van der Waals surface area contributed by atoms with Crippen LogP contribution in [0.1, 0.15) is 48.1 Å². The number of likely N-dealkylation sites (tertiary alicyclic amines) is 1. The van der Waals surface area contributed by atoms with Gasteiger partial charge < -0.3 is 20.4 Å². The van der Waals surface area contributed by atoms with Crippen LogP contribution >= 0.6 is 0 Å². The van der Waals surface area contributed by atoms with E-state index in [1.54, 1.807) is 11.8 Å². The maximum absolute atomic E-state index is 12.4. The summed E-state index contributed by atoms with van der Waals surface area (Å²) in [6, 6.07) is 15.4. The molecule has 3 N–H and O–H groups in total. The number of rotatable bonds is 3. The van der Waals surface area contributed by atoms with Crippen molar-refractivity contribution < 1.29 is 15.0 Å². The van der Waals surface area contributed by atoms with E-state index in [4.69, 9.17) is 5.11 Å². The molecule has 1 fully saturated rings. The van der Waals surface area contributed by atoms with Gasteiger partial charge in [0.15, 0.2) is 0 Å². The minimum absolute atomic E-state index is 0.114. The Morgan fingerprint density at radius 2 is 2.00 bits per heavy atom. The molecule has 0 aromatic heterocycles. The van der Waals surface area contributed by atoms with Gasteiger partial charge in [0.25, 0.3) is 0 Å². The number of amides is 1. The van der Waals surface area contributed by atoms with Crippen molar-refractivity contribution in [2.24, 2.45) is 0 Å². The van der Waals surface area contributed by atoms with Gasteiger partial charge in [0.1, 0.15) is 0 Å². The maximum Gasteiger partial charge on any atom is 0.227 e. The molecule has 156 valence electrons. The fourth-order valence-corrected chi connectivity index (χ4v) is 4.06. The number of fused-ring (bicyclic) bond motifs is 1. The summed E-state index contributed by atoms with van der Waals surface area (Å²) in [5.74, 6) is 0.114. The minimum atomic E-state index is -0.356. The summed E-state index contributed by atoms with van der Waals surface area (Å²) in [5, 5.41) is 20.8. The highest BCUT2D eigenvalue weighted by Gasteiger charge is 2.25. The number of aliphatic hydroxyl groups is 2. The summed E-state index contributed by atoms with van der Waals surface area (Å²) in [5.41, 5.74) is 6.15. The molecule has 2 aliphatic heterocycles. The van der Waals surface area contributed by atoms with Crippen LogP contribution in [0, 0.1) is 6.92 Å². The Bertz CT molecular complexity index is 837. The zero-order valence-electron chi connectivity index (χ0n) is 17.4. The summed E-state index contributed by atoms with van der Waals surface area (Å²) in [4.78, 5) is 14.2. The molecule has 1 unspecified atom stereocenters. The second-order valence-electron chi connectivity index (χ2n) is 7.92. The number of anilines is 1. The molecule has 1 saturated heterocycles.